The van der Waals surface area contributed by atoms with Crippen LogP contribution in [0.2, 0.25) is 0 Å². The topological polar surface area (TPSA) is 0 Å². The van der Waals surface area contributed by atoms with Crippen LogP contribution in [0.25, 0.3) is 0 Å². The molecule has 1 atom stereocenters. The van der Waals surface area contributed by atoms with Crippen LogP contribution in [0.3, 0.4) is 0 Å². The first-order valence-corrected chi connectivity index (χ1v) is 4.00. The molecule has 0 fully saturated rings. The summed E-state index contributed by atoms with van der Waals surface area (Å²) in [5.74, 6) is 0.710. The van der Waals surface area contributed by atoms with Gasteiger partial charge in [-0.25, -0.2) is 0 Å². The molecule has 0 aromatic heterocycles. The normalized spacial score (nSPS) is 13.9. The van der Waals surface area contributed by atoms with Gasteiger partial charge in [-0.3, -0.25) is 0 Å². The largest absolute Gasteiger partial charge is 0.0961 e. The van der Waals surface area contributed by atoms with Crippen LogP contribution in [0.15, 0.2) is 24.3 Å². The van der Waals surface area contributed by atoms with Gasteiger partial charge < -0.3 is 0 Å². The Kier molecular flexibility index (Phi) is 5.00. The number of hydrogen-bond acceptors (Lipinski definition) is 0. The maximum Gasteiger partial charge on any atom is -0.0259 e. The Labute approximate surface area is 64.6 Å². The molecule has 1 unspecified atom stereocenters. The van der Waals surface area contributed by atoms with Crippen molar-refractivity contribution in [2.24, 2.45) is 5.92 Å². The van der Waals surface area contributed by atoms with E-state index in [1.807, 2.05) is 6.92 Å². The lowest BCUT2D eigenvalue weighted by molar-refractivity contribution is 0.634. The molecule has 0 bridgehead atoms. The molecule has 0 aliphatic carbocycles. The quantitative estimate of drug-likeness (QED) is 0.521. The molecule has 0 amide bonds. The van der Waals surface area contributed by atoms with E-state index in [4.69, 9.17) is 0 Å². The predicted molar refractivity (Wildman–Crippen MR) is 48.0 cm³/mol. The van der Waals surface area contributed by atoms with Crippen LogP contribution < -0.4 is 0 Å². The van der Waals surface area contributed by atoms with Gasteiger partial charge in [-0.1, -0.05) is 44.6 Å². The van der Waals surface area contributed by atoms with E-state index in [1.165, 1.54) is 12.8 Å². The lowest BCUT2D eigenvalue weighted by atomic mass is 10.1. The van der Waals surface area contributed by atoms with Gasteiger partial charge in [-0.2, -0.15) is 0 Å². The third kappa shape index (κ3) is 5.61. The third-order valence-electron chi connectivity index (χ3n) is 1.45. The molecule has 0 aliphatic heterocycles. The second-order valence-corrected chi connectivity index (χ2v) is 2.97. The molecule has 0 aromatic rings. The van der Waals surface area contributed by atoms with Gasteiger partial charge in [0.25, 0.3) is 0 Å². The van der Waals surface area contributed by atoms with Gasteiger partial charge in [0.1, 0.15) is 0 Å². The van der Waals surface area contributed by atoms with Crippen LogP contribution in [0.4, 0.5) is 0 Å². The molecule has 10 heavy (non-hydrogen) atoms. The van der Waals surface area contributed by atoms with Crippen molar-refractivity contribution in [2.75, 3.05) is 0 Å². The summed E-state index contributed by atoms with van der Waals surface area (Å²) in [6, 6.07) is 0. The summed E-state index contributed by atoms with van der Waals surface area (Å²) in [7, 11) is 0. The zero-order valence-corrected chi connectivity index (χ0v) is 7.35. The summed E-state index contributed by atoms with van der Waals surface area (Å²) in [6.45, 7) is 10.3. The Hall–Kier alpha value is -0.520. The molecule has 0 nitrogen and oxygen atoms in total. The fourth-order valence-electron chi connectivity index (χ4n) is 0.880. The average Bonchev–Trinajstić information content (AvgIpc) is 1.85. The second kappa shape index (κ2) is 5.28. The molecular formula is C10H18. The highest BCUT2D eigenvalue weighted by atomic mass is 14.0. The fraction of sp³-hybridized carbons (Fsp3) is 0.600. The van der Waals surface area contributed by atoms with Gasteiger partial charge in [-0.05, 0) is 19.3 Å². The SMILES string of the molecule is C=C(C)/C=C/C(C)CCC. The van der Waals surface area contributed by atoms with E-state index < -0.39 is 0 Å². The van der Waals surface area contributed by atoms with Crippen LogP contribution in [-0.4, -0.2) is 0 Å². The zero-order valence-electron chi connectivity index (χ0n) is 7.35. The average molecular weight is 138 g/mol. The lowest BCUT2D eigenvalue weighted by Gasteiger charge is -2.01. The number of hydrogen-bond donors (Lipinski definition) is 0. The van der Waals surface area contributed by atoms with Crippen molar-refractivity contribution in [3.05, 3.63) is 24.3 Å². The standard InChI is InChI=1S/C10H18/c1-5-6-10(4)8-7-9(2)3/h7-8,10H,2,5-6H2,1,3-4H3/b8-7+. The van der Waals surface area contributed by atoms with Gasteiger partial charge in [0, 0.05) is 0 Å². The summed E-state index contributed by atoms with van der Waals surface area (Å²) in [5.41, 5.74) is 1.14. The first-order valence-electron chi connectivity index (χ1n) is 4.00. The third-order valence-corrected chi connectivity index (χ3v) is 1.45. The van der Waals surface area contributed by atoms with Crippen molar-refractivity contribution in [1.29, 1.82) is 0 Å². The van der Waals surface area contributed by atoms with Crippen molar-refractivity contribution in [1.82, 2.24) is 0 Å². The summed E-state index contributed by atoms with van der Waals surface area (Å²) in [4.78, 5) is 0. The molecule has 0 N–H and O–H groups in total. The van der Waals surface area contributed by atoms with Crippen LogP contribution >= 0.6 is 0 Å². The minimum absolute atomic E-state index is 0.710. The first kappa shape index (κ1) is 9.48. The van der Waals surface area contributed by atoms with Crippen LogP contribution in [0.1, 0.15) is 33.6 Å². The van der Waals surface area contributed by atoms with E-state index >= 15 is 0 Å². The number of allylic oxidation sites excluding steroid dienone is 3. The molecule has 0 aromatic carbocycles. The Morgan fingerprint density at radius 3 is 2.60 bits per heavy atom. The molecule has 58 valence electrons. The molecule has 0 radical (unpaired) electrons. The van der Waals surface area contributed by atoms with Crippen LogP contribution in [-0.2, 0) is 0 Å². The van der Waals surface area contributed by atoms with E-state index in [0.29, 0.717) is 5.92 Å². The van der Waals surface area contributed by atoms with Gasteiger partial charge in [0.15, 0.2) is 0 Å². The van der Waals surface area contributed by atoms with Gasteiger partial charge in [0.05, 0.1) is 0 Å². The van der Waals surface area contributed by atoms with Crippen LogP contribution in [0.5, 0.6) is 0 Å². The van der Waals surface area contributed by atoms with Crippen LogP contribution in [0, 0.1) is 5.92 Å². The fourth-order valence-corrected chi connectivity index (χ4v) is 0.880. The minimum atomic E-state index is 0.710. The smallest absolute Gasteiger partial charge is 0.0259 e. The minimum Gasteiger partial charge on any atom is -0.0961 e. The predicted octanol–water partition coefficient (Wildman–Crippen LogP) is 3.55. The molecule has 0 rings (SSSR count). The summed E-state index contributed by atoms with van der Waals surface area (Å²) in [6.07, 6.45) is 6.87. The summed E-state index contributed by atoms with van der Waals surface area (Å²) in [5, 5.41) is 0. The zero-order chi connectivity index (χ0) is 7.98. The van der Waals surface area contributed by atoms with Crippen molar-refractivity contribution in [3.8, 4) is 0 Å². The summed E-state index contributed by atoms with van der Waals surface area (Å²) >= 11 is 0. The molecule has 0 saturated heterocycles. The highest BCUT2D eigenvalue weighted by Gasteiger charge is 1.92. The Bertz CT molecular complexity index is 120. The van der Waals surface area contributed by atoms with Gasteiger partial charge in [0.2, 0.25) is 0 Å². The van der Waals surface area contributed by atoms with E-state index in [9.17, 15) is 0 Å². The lowest BCUT2D eigenvalue weighted by Crippen LogP contribution is -1.86. The molecule has 0 spiro atoms. The molecule has 0 aliphatic rings. The summed E-state index contributed by atoms with van der Waals surface area (Å²) < 4.78 is 0. The monoisotopic (exact) mass is 138 g/mol. The van der Waals surface area contributed by atoms with E-state index in [1.54, 1.807) is 0 Å². The maximum atomic E-state index is 3.80. The van der Waals surface area contributed by atoms with Gasteiger partial charge in [-0.15, -0.1) is 0 Å². The van der Waals surface area contributed by atoms with Crippen molar-refractivity contribution in [2.45, 2.75) is 33.6 Å². The highest BCUT2D eigenvalue weighted by Crippen LogP contribution is 2.07. The number of rotatable bonds is 4. The molecular weight excluding hydrogens is 120 g/mol. The Balaban J connectivity index is 3.55. The van der Waals surface area contributed by atoms with E-state index in [2.05, 4.69) is 32.6 Å². The van der Waals surface area contributed by atoms with Crippen molar-refractivity contribution >= 4 is 0 Å². The molecule has 0 saturated carbocycles. The van der Waals surface area contributed by atoms with Gasteiger partial charge >= 0.3 is 0 Å². The van der Waals surface area contributed by atoms with E-state index in [0.717, 1.165) is 5.57 Å². The van der Waals surface area contributed by atoms with Crippen molar-refractivity contribution in [3.63, 3.8) is 0 Å². The second-order valence-electron chi connectivity index (χ2n) is 2.97. The van der Waals surface area contributed by atoms with Crippen molar-refractivity contribution < 1.29 is 0 Å². The Morgan fingerprint density at radius 1 is 1.60 bits per heavy atom. The molecule has 0 heterocycles. The molecule has 0 heteroatoms. The highest BCUT2D eigenvalue weighted by molar-refractivity contribution is 5.11. The Morgan fingerprint density at radius 2 is 2.20 bits per heavy atom. The maximum absolute atomic E-state index is 3.80. The van der Waals surface area contributed by atoms with E-state index in [-0.39, 0.29) is 0 Å². The first-order chi connectivity index (χ1) is 4.66.